The molecule has 0 saturated carbocycles. The fraction of sp³-hybridized carbons (Fsp3) is 0.143. The standard InChI is InChI=1S/C7H10N4/c1-8-5-2-3-6-7(4-5)10-11-9-6/h2-4,8-11H,1H3. The van der Waals surface area contributed by atoms with Crippen LogP contribution in [0.3, 0.4) is 0 Å². The Hall–Kier alpha value is -1.42. The van der Waals surface area contributed by atoms with Crippen LogP contribution in [-0.4, -0.2) is 7.05 Å². The molecule has 11 heavy (non-hydrogen) atoms. The van der Waals surface area contributed by atoms with E-state index in [4.69, 9.17) is 0 Å². The molecule has 0 radical (unpaired) electrons. The van der Waals surface area contributed by atoms with Crippen LogP contribution < -0.4 is 21.7 Å². The molecule has 0 aliphatic carbocycles. The van der Waals surface area contributed by atoms with Gasteiger partial charge in [0.05, 0.1) is 11.4 Å². The lowest BCUT2D eigenvalue weighted by Gasteiger charge is -2.01. The SMILES string of the molecule is CNc1ccc2c(c1)NNN2. The Kier molecular flexibility index (Phi) is 1.33. The number of fused-ring (bicyclic) bond motifs is 1. The highest BCUT2D eigenvalue weighted by molar-refractivity contribution is 5.75. The van der Waals surface area contributed by atoms with Gasteiger partial charge in [-0.2, -0.15) is 0 Å². The molecule has 4 N–H and O–H groups in total. The summed E-state index contributed by atoms with van der Waals surface area (Å²) in [7, 11) is 1.90. The van der Waals surface area contributed by atoms with E-state index in [9.17, 15) is 0 Å². The van der Waals surface area contributed by atoms with Gasteiger partial charge >= 0.3 is 0 Å². The van der Waals surface area contributed by atoms with Gasteiger partial charge in [0, 0.05) is 12.7 Å². The van der Waals surface area contributed by atoms with Gasteiger partial charge < -0.3 is 16.2 Å². The fourth-order valence-electron chi connectivity index (χ4n) is 1.08. The van der Waals surface area contributed by atoms with Crippen LogP contribution in [0.1, 0.15) is 0 Å². The molecule has 0 bridgehead atoms. The predicted molar refractivity (Wildman–Crippen MR) is 46.4 cm³/mol. The number of anilines is 3. The van der Waals surface area contributed by atoms with Gasteiger partial charge in [-0.15, -0.1) is 5.53 Å². The Bertz CT molecular complexity index is 271. The van der Waals surface area contributed by atoms with Crippen molar-refractivity contribution in [3.05, 3.63) is 18.2 Å². The van der Waals surface area contributed by atoms with E-state index < -0.39 is 0 Å². The first-order chi connectivity index (χ1) is 5.40. The topological polar surface area (TPSA) is 48.1 Å². The van der Waals surface area contributed by atoms with Gasteiger partial charge in [-0.1, -0.05) is 0 Å². The van der Waals surface area contributed by atoms with Gasteiger partial charge in [0.25, 0.3) is 0 Å². The molecule has 4 nitrogen and oxygen atoms in total. The maximum atomic E-state index is 3.06. The summed E-state index contributed by atoms with van der Waals surface area (Å²) in [5.41, 5.74) is 12.0. The van der Waals surface area contributed by atoms with Crippen LogP contribution in [0, 0.1) is 0 Å². The molecule has 58 valence electrons. The Morgan fingerprint density at radius 1 is 1.18 bits per heavy atom. The molecular formula is C7H10N4. The molecule has 1 aliphatic heterocycles. The second-order valence-corrected chi connectivity index (χ2v) is 2.39. The van der Waals surface area contributed by atoms with Gasteiger partial charge in [-0.3, -0.25) is 0 Å². The molecule has 1 heterocycles. The van der Waals surface area contributed by atoms with Gasteiger partial charge in [0.2, 0.25) is 0 Å². The van der Waals surface area contributed by atoms with E-state index >= 15 is 0 Å². The summed E-state index contributed by atoms with van der Waals surface area (Å²) >= 11 is 0. The molecule has 1 aliphatic rings. The molecule has 1 aromatic rings. The normalized spacial score (nSPS) is 13.2. The lowest BCUT2D eigenvalue weighted by atomic mass is 10.2. The van der Waals surface area contributed by atoms with Crippen molar-refractivity contribution < 1.29 is 0 Å². The van der Waals surface area contributed by atoms with E-state index in [1.807, 2.05) is 25.2 Å². The lowest BCUT2D eigenvalue weighted by Crippen LogP contribution is -2.19. The smallest absolute Gasteiger partial charge is 0.0771 e. The Morgan fingerprint density at radius 2 is 2.00 bits per heavy atom. The molecule has 0 fully saturated rings. The summed E-state index contributed by atoms with van der Waals surface area (Å²) in [6, 6.07) is 6.05. The zero-order valence-corrected chi connectivity index (χ0v) is 6.23. The Balaban J connectivity index is 2.41. The van der Waals surface area contributed by atoms with Crippen LogP contribution in [0.2, 0.25) is 0 Å². The van der Waals surface area contributed by atoms with Crippen molar-refractivity contribution in [2.45, 2.75) is 0 Å². The van der Waals surface area contributed by atoms with E-state index in [1.165, 1.54) is 0 Å². The average molecular weight is 150 g/mol. The minimum Gasteiger partial charge on any atom is -0.388 e. The predicted octanol–water partition coefficient (Wildman–Crippen LogP) is 0.985. The van der Waals surface area contributed by atoms with Crippen molar-refractivity contribution in [2.24, 2.45) is 0 Å². The second-order valence-electron chi connectivity index (χ2n) is 2.39. The van der Waals surface area contributed by atoms with Gasteiger partial charge in [-0.05, 0) is 18.2 Å². The first-order valence-electron chi connectivity index (χ1n) is 3.49. The highest BCUT2D eigenvalue weighted by atomic mass is 15.6. The molecular weight excluding hydrogens is 140 g/mol. The van der Waals surface area contributed by atoms with Crippen LogP contribution in [0.5, 0.6) is 0 Å². The number of benzene rings is 1. The van der Waals surface area contributed by atoms with Crippen molar-refractivity contribution in [1.82, 2.24) is 5.53 Å². The van der Waals surface area contributed by atoms with E-state index in [2.05, 4.69) is 21.7 Å². The summed E-state index contributed by atoms with van der Waals surface area (Å²) in [6.07, 6.45) is 0. The molecule has 0 amide bonds. The van der Waals surface area contributed by atoms with Crippen molar-refractivity contribution in [2.75, 3.05) is 23.2 Å². The number of hydrogen-bond acceptors (Lipinski definition) is 4. The molecule has 2 rings (SSSR count). The molecule has 0 unspecified atom stereocenters. The first kappa shape index (κ1) is 6.30. The molecule has 1 aromatic carbocycles. The van der Waals surface area contributed by atoms with E-state index in [1.54, 1.807) is 0 Å². The molecule has 0 aromatic heterocycles. The summed E-state index contributed by atoms with van der Waals surface area (Å²) < 4.78 is 0. The van der Waals surface area contributed by atoms with E-state index in [0.717, 1.165) is 17.1 Å². The van der Waals surface area contributed by atoms with Crippen LogP contribution in [0.25, 0.3) is 0 Å². The number of hydrogen-bond donors (Lipinski definition) is 4. The maximum absolute atomic E-state index is 3.06. The van der Waals surface area contributed by atoms with Crippen LogP contribution in [-0.2, 0) is 0 Å². The third kappa shape index (κ3) is 0.969. The summed E-state index contributed by atoms with van der Waals surface area (Å²) in [6.45, 7) is 0. The summed E-state index contributed by atoms with van der Waals surface area (Å²) in [4.78, 5) is 0. The van der Waals surface area contributed by atoms with Gasteiger partial charge in [0.15, 0.2) is 0 Å². The maximum Gasteiger partial charge on any atom is 0.0771 e. The van der Waals surface area contributed by atoms with E-state index in [0.29, 0.717) is 0 Å². The van der Waals surface area contributed by atoms with Gasteiger partial charge in [0.1, 0.15) is 0 Å². The monoisotopic (exact) mass is 150 g/mol. The van der Waals surface area contributed by atoms with Crippen LogP contribution in [0.4, 0.5) is 17.1 Å². The molecule has 0 spiro atoms. The lowest BCUT2D eigenvalue weighted by molar-refractivity contribution is 1.01. The van der Waals surface area contributed by atoms with Crippen molar-refractivity contribution >= 4 is 17.1 Å². The number of nitrogens with one attached hydrogen (secondary N) is 4. The van der Waals surface area contributed by atoms with Crippen molar-refractivity contribution in [1.29, 1.82) is 0 Å². The third-order valence-corrected chi connectivity index (χ3v) is 1.70. The first-order valence-corrected chi connectivity index (χ1v) is 3.49. The fourth-order valence-corrected chi connectivity index (χ4v) is 1.08. The summed E-state index contributed by atoms with van der Waals surface area (Å²) in [5.74, 6) is 0. The van der Waals surface area contributed by atoms with Crippen LogP contribution >= 0.6 is 0 Å². The summed E-state index contributed by atoms with van der Waals surface area (Å²) in [5, 5.41) is 3.06. The third-order valence-electron chi connectivity index (χ3n) is 1.70. The number of hydrazine groups is 2. The van der Waals surface area contributed by atoms with Gasteiger partial charge in [-0.25, -0.2) is 0 Å². The van der Waals surface area contributed by atoms with E-state index in [-0.39, 0.29) is 0 Å². The molecule has 4 heteroatoms. The van der Waals surface area contributed by atoms with Crippen LogP contribution in [0.15, 0.2) is 18.2 Å². The second kappa shape index (κ2) is 2.32. The minimum absolute atomic E-state index is 1.07. The minimum atomic E-state index is 1.07. The quantitative estimate of drug-likeness (QED) is 0.482. The molecule has 0 saturated heterocycles. The average Bonchev–Trinajstić information content (AvgIpc) is 2.50. The zero-order valence-electron chi connectivity index (χ0n) is 6.23. The largest absolute Gasteiger partial charge is 0.388 e. The highest BCUT2D eigenvalue weighted by Crippen LogP contribution is 2.26. The highest BCUT2D eigenvalue weighted by Gasteiger charge is 2.07. The zero-order chi connectivity index (χ0) is 7.68. The Labute approximate surface area is 64.9 Å². The van der Waals surface area contributed by atoms with Crippen molar-refractivity contribution in [3.63, 3.8) is 0 Å². The van der Waals surface area contributed by atoms with Crippen molar-refractivity contribution in [3.8, 4) is 0 Å². The number of rotatable bonds is 1. The molecule has 0 atom stereocenters. The Morgan fingerprint density at radius 3 is 2.82 bits per heavy atom.